The van der Waals surface area contributed by atoms with Gasteiger partial charge in [0, 0.05) is 17.1 Å². The molecule has 1 aliphatic rings. The number of sulfonamides is 1. The van der Waals surface area contributed by atoms with Crippen LogP contribution >= 0.6 is 15.9 Å². The van der Waals surface area contributed by atoms with Gasteiger partial charge in [0.1, 0.15) is 9.84 Å². The summed E-state index contributed by atoms with van der Waals surface area (Å²) in [6.45, 7) is 0. The van der Waals surface area contributed by atoms with E-state index in [-0.39, 0.29) is 17.0 Å². The first kappa shape index (κ1) is 13.4. The van der Waals surface area contributed by atoms with Crippen LogP contribution in [0.25, 0.3) is 0 Å². The summed E-state index contributed by atoms with van der Waals surface area (Å²) >= 11 is 3.23. The van der Waals surface area contributed by atoms with Crippen LogP contribution in [0.5, 0.6) is 0 Å². The number of hydrogen-bond donors (Lipinski definition) is 1. The van der Waals surface area contributed by atoms with E-state index in [1.807, 2.05) is 0 Å². The lowest BCUT2D eigenvalue weighted by Crippen LogP contribution is -2.40. The maximum atomic E-state index is 11.5. The number of alkyl halides is 1. The molecule has 1 aliphatic carbocycles. The zero-order valence-corrected chi connectivity index (χ0v) is 11.6. The molecule has 1 rings (SSSR count). The van der Waals surface area contributed by atoms with E-state index in [0.717, 1.165) is 19.1 Å². The van der Waals surface area contributed by atoms with Crippen LogP contribution in [0, 0.1) is 0 Å². The van der Waals surface area contributed by atoms with E-state index in [0.29, 0.717) is 5.33 Å². The second kappa shape index (κ2) is 4.31. The number of sulfone groups is 1. The van der Waals surface area contributed by atoms with Crippen LogP contribution in [0.4, 0.5) is 0 Å². The molecule has 0 amide bonds. The SMILES string of the molecule is CS(=O)(=O)CCS(=O)(=O)NC1(CBr)CC1. The molecule has 0 aromatic rings. The summed E-state index contributed by atoms with van der Waals surface area (Å²) in [5.74, 6) is -0.693. The van der Waals surface area contributed by atoms with Crippen LogP contribution in [0.15, 0.2) is 0 Å². The van der Waals surface area contributed by atoms with Gasteiger partial charge in [-0.1, -0.05) is 15.9 Å². The summed E-state index contributed by atoms with van der Waals surface area (Å²) in [7, 11) is -6.71. The van der Waals surface area contributed by atoms with Crippen LogP contribution in [0.2, 0.25) is 0 Å². The van der Waals surface area contributed by atoms with Crippen molar-refractivity contribution in [1.82, 2.24) is 4.72 Å². The monoisotopic (exact) mass is 319 g/mol. The van der Waals surface area contributed by atoms with Gasteiger partial charge in [-0.2, -0.15) is 0 Å². The van der Waals surface area contributed by atoms with Crippen LogP contribution in [-0.4, -0.2) is 45.5 Å². The van der Waals surface area contributed by atoms with E-state index in [4.69, 9.17) is 0 Å². The number of hydrogen-bond acceptors (Lipinski definition) is 4. The Morgan fingerprint density at radius 1 is 1.20 bits per heavy atom. The minimum Gasteiger partial charge on any atom is -0.229 e. The average Bonchev–Trinajstić information content (AvgIpc) is 2.81. The Balaban J connectivity index is 2.54. The van der Waals surface area contributed by atoms with Gasteiger partial charge in [0.25, 0.3) is 0 Å². The molecule has 0 aliphatic heterocycles. The standard InChI is InChI=1S/C7H14BrNO4S2/c1-14(10,11)4-5-15(12,13)9-7(6-8)2-3-7/h9H,2-6H2,1H3. The molecule has 0 saturated heterocycles. The summed E-state index contributed by atoms with van der Waals surface area (Å²) in [4.78, 5) is 0. The highest BCUT2D eigenvalue weighted by Gasteiger charge is 2.44. The first-order valence-electron chi connectivity index (χ1n) is 4.43. The van der Waals surface area contributed by atoms with Gasteiger partial charge in [-0.05, 0) is 12.8 Å². The molecule has 1 N–H and O–H groups in total. The Morgan fingerprint density at radius 3 is 2.07 bits per heavy atom. The lowest BCUT2D eigenvalue weighted by atomic mass is 10.4. The summed E-state index contributed by atoms with van der Waals surface area (Å²) in [5.41, 5.74) is -0.365. The molecule has 0 bridgehead atoms. The van der Waals surface area contributed by atoms with E-state index in [1.54, 1.807) is 0 Å². The average molecular weight is 320 g/mol. The van der Waals surface area contributed by atoms with Crippen molar-refractivity contribution in [1.29, 1.82) is 0 Å². The number of nitrogens with one attached hydrogen (secondary N) is 1. The predicted octanol–water partition coefficient (Wildman–Crippen LogP) is -0.122. The van der Waals surface area contributed by atoms with Crippen molar-refractivity contribution in [2.75, 3.05) is 23.1 Å². The van der Waals surface area contributed by atoms with Gasteiger partial charge in [0.2, 0.25) is 10.0 Å². The Kier molecular flexibility index (Phi) is 3.85. The van der Waals surface area contributed by atoms with Gasteiger partial charge in [-0.15, -0.1) is 0 Å². The van der Waals surface area contributed by atoms with Crippen LogP contribution in [0.1, 0.15) is 12.8 Å². The van der Waals surface area contributed by atoms with Crippen molar-refractivity contribution in [2.45, 2.75) is 18.4 Å². The highest BCUT2D eigenvalue weighted by Crippen LogP contribution is 2.37. The van der Waals surface area contributed by atoms with Crippen LogP contribution < -0.4 is 4.72 Å². The second-order valence-corrected chi connectivity index (χ2v) is 8.63. The molecule has 0 radical (unpaired) electrons. The van der Waals surface area contributed by atoms with E-state index in [1.165, 1.54) is 0 Å². The normalized spacial score (nSPS) is 20.1. The third-order valence-electron chi connectivity index (χ3n) is 2.20. The zero-order chi connectivity index (χ0) is 11.7. The highest BCUT2D eigenvalue weighted by atomic mass is 79.9. The first-order valence-corrected chi connectivity index (χ1v) is 9.27. The number of halogens is 1. The van der Waals surface area contributed by atoms with Crippen molar-refractivity contribution < 1.29 is 16.8 Å². The van der Waals surface area contributed by atoms with Gasteiger partial charge in [-0.3, -0.25) is 0 Å². The fraction of sp³-hybridized carbons (Fsp3) is 1.00. The third kappa shape index (κ3) is 4.80. The molecule has 5 nitrogen and oxygen atoms in total. The highest BCUT2D eigenvalue weighted by molar-refractivity contribution is 9.09. The summed E-state index contributed by atoms with van der Waals surface area (Å²) in [6.07, 6.45) is 2.63. The molecule has 1 fully saturated rings. The van der Waals surface area contributed by atoms with E-state index in [2.05, 4.69) is 20.7 Å². The lowest BCUT2D eigenvalue weighted by Gasteiger charge is -2.13. The fourth-order valence-corrected chi connectivity index (χ4v) is 5.07. The molecule has 0 atom stereocenters. The largest absolute Gasteiger partial charge is 0.229 e. The minimum absolute atomic E-state index is 0.333. The Hall–Kier alpha value is 0.340. The number of rotatable bonds is 6. The van der Waals surface area contributed by atoms with Crippen molar-refractivity contribution in [3.05, 3.63) is 0 Å². The maximum Gasteiger partial charge on any atom is 0.213 e. The van der Waals surface area contributed by atoms with Gasteiger partial charge >= 0.3 is 0 Å². The molecule has 0 aromatic heterocycles. The topological polar surface area (TPSA) is 80.3 Å². The summed E-state index contributed by atoms with van der Waals surface area (Å²) in [6, 6.07) is 0. The molecule has 15 heavy (non-hydrogen) atoms. The summed E-state index contributed by atoms with van der Waals surface area (Å²) < 4.78 is 47.2. The molecule has 90 valence electrons. The van der Waals surface area contributed by atoms with Crippen LogP contribution in [0.3, 0.4) is 0 Å². The minimum atomic E-state index is -3.48. The molecule has 8 heteroatoms. The molecule has 1 saturated carbocycles. The molecule has 0 aromatic carbocycles. The van der Waals surface area contributed by atoms with Gasteiger partial charge in [0.05, 0.1) is 11.5 Å². The third-order valence-corrected chi connectivity index (χ3v) is 5.97. The Bertz CT molecular complexity index is 424. The van der Waals surface area contributed by atoms with E-state index >= 15 is 0 Å². The van der Waals surface area contributed by atoms with E-state index in [9.17, 15) is 16.8 Å². The summed E-state index contributed by atoms with van der Waals surface area (Å²) in [5, 5.41) is 0.568. The quantitative estimate of drug-likeness (QED) is 0.692. The maximum absolute atomic E-state index is 11.5. The fourth-order valence-electron chi connectivity index (χ4n) is 1.06. The van der Waals surface area contributed by atoms with Gasteiger partial charge in [-0.25, -0.2) is 21.6 Å². The van der Waals surface area contributed by atoms with Crippen molar-refractivity contribution in [3.8, 4) is 0 Å². The van der Waals surface area contributed by atoms with Crippen molar-refractivity contribution in [2.24, 2.45) is 0 Å². The van der Waals surface area contributed by atoms with Crippen molar-refractivity contribution >= 4 is 35.8 Å². The molecule has 0 spiro atoms. The van der Waals surface area contributed by atoms with Gasteiger partial charge in [0.15, 0.2) is 0 Å². The smallest absolute Gasteiger partial charge is 0.213 e. The lowest BCUT2D eigenvalue weighted by molar-refractivity contribution is 0.560. The van der Waals surface area contributed by atoms with Crippen molar-refractivity contribution in [3.63, 3.8) is 0 Å². The van der Waals surface area contributed by atoms with E-state index < -0.39 is 19.9 Å². The predicted molar refractivity (Wildman–Crippen MR) is 62.4 cm³/mol. The zero-order valence-electron chi connectivity index (χ0n) is 8.36. The molecular formula is C7H14BrNO4S2. The van der Waals surface area contributed by atoms with Crippen LogP contribution in [-0.2, 0) is 19.9 Å². The molecule has 0 heterocycles. The molecular weight excluding hydrogens is 306 g/mol. The van der Waals surface area contributed by atoms with Gasteiger partial charge < -0.3 is 0 Å². The molecule has 0 unspecified atom stereocenters. The first-order chi connectivity index (χ1) is 6.68. The Morgan fingerprint density at radius 2 is 1.73 bits per heavy atom. The Labute approximate surface area is 98.7 Å². The second-order valence-electron chi connectivity index (χ2n) is 3.96.